The molecular formula is C17H17BrN4O. The first kappa shape index (κ1) is 15.7. The fraction of sp³-hybridized carbons (Fsp3) is 0.235. The monoisotopic (exact) mass is 372 g/mol. The molecule has 0 unspecified atom stereocenters. The zero-order chi connectivity index (χ0) is 16.6. The van der Waals surface area contributed by atoms with Gasteiger partial charge in [-0.05, 0) is 30.3 Å². The summed E-state index contributed by atoms with van der Waals surface area (Å²) in [4.78, 5) is 17.5. The molecule has 3 aromatic rings. The number of nitrogens with zero attached hydrogens (tertiary/aromatic N) is 4. The van der Waals surface area contributed by atoms with Crippen molar-refractivity contribution in [2.75, 3.05) is 0 Å². The molecule has 0 bridgehead atoms. The average Bonchev–Trinajstić information content (AvgIpc) is 2.92. The Morgan fingerprint density at radius 3 is 2.74 bits per heavy atom. The Morgan fingerprint density at radius 2 is 2.09 bits per heavy atom. The minimum absolute atomic E-state index is 0.0845. The second-order valence-corrected chi connectivity index (χ2v) is 6.61. The van der Waals surface area contributed by atoms with Gasteiger partial charge in [-0.3, -0.25) is 4.79 Å². The van der Waals surface area contributed by atoms with Crippen molar-refractivity contribution in [3.63, 3.8) is 0 Å². The molecule has 0 saturated heterocycles. The fourth-order valence-electron chi connectivity index (χ4n) is 2.38. The molecule has 0 spiro atoms. The van der Waals surface area contributed by atoms with Crippen LogP contribution in [0.15, 0.2) is 50.9 Å². The van der Waals surface area contributed by atoms with E-state index in [1.54, 1.807) is 12.3 Å². The maximum Gasteiger partial charge on any atom is 0.282 e. The van der Waals surface area contributed by atoms with E-state index >= 15 is 0 Å². The van der Waals surface area contributed by atoms with Gasteiger partial charge in [-0.2, -0.15) is 9.78 Å². The number of hydrogen-bond donors (Lipinski definition) is 0. The molecule has 23 heavy (non-hydrogen) atoms. The smallest absolute Gasteiger partial charge is 0.282 e. The third kappa shape index (κ3) is 2.99. The minimum Gasteiger partial charge on any atom is -0.350 e. The van der Waals surface area contributed by atoms with Crippen LogP contribution in [0.1, 0.15) is 31.3 Å². The first-order chi connectivity index (χ1) is 11.0. The fourth-order valence-corrected chi connectivity index (χ4v) is 2.74. The quantitative estimate of drug-likeness (QED) is 0.660. The van der Waals surface area contributed by atoms with Gasteiger partial charge in [0.1, 0.15) is 5.82 Å². The summed E-state index contributed by atoms with van der Waals surface area (Å²) in [7, 11) is 1.93. The zero-order valence-corrected chi connectivity index (χ0v) is 14.8. The molecule has 0 saturated carbocycles. The van der Waals surface area contributed by atoms with Crippen LogP contribution in [0.2, 0.25) is 0 Å². The zero-order valence-electron chi connectivity index (χ0n) is 13.2. The Morgan fingerprint density at radius 1 is 1.30 bits per heavy atom. The Hall–Kier alpha value is -2.21. The number of rotatable bonds is 3. The summed E-state index contributed by atoms with van der Waals surface area (Å²) >= 11 is 3.40. The highest BCUT2D eigenvalue weighted by atomic mass is 79.9. The first-order valence-electron chi connectivity index (χ1n) is 7.35. The van der Waals surface area contributed by atoms with Crippen molar-refractivity contribution in [2.45, 2.75) is 19.8 Å². The number of halogens is 1. The Bertz CT molecular complexity index is 953. The normalized spacial score (nSPS) is 11.9. The van der Waals surface area contributed by atoms with E-state index in [0.717, 1.165) is 10.2 Å². The van der Waals surface area contributed by atoms with Gasteiger partial charge in [0.2, 0.25) is 0 Å². The molecule has 118 valence electrons. The van der Waals surface area contributed by atoms with Crippen LogP contribution >= 0.6 is 15.9 Å². The standard InChI is InChI=1S/C17H17BrN4O/c1-11(2)16-20-15-7-6-12(18)9-14(15)17(23)22(16)19-10-13-5-4-8-21(13)3/h4-11H,1-3H3. The van der Waals surface area contributed by atoms with Crippen LogP contribution in [0.25, 0.3) is 10.9 Å². The van der Waals surface area contributed by atoms with Gasteiger partial charge in [0.15, 0.2) is 0 Å². The Kier molecular flexibility index (Phi) is 4.17. The molecule has 0 amide bonds. The predicted octanol–water partition coefficient (Wildman–Crippen LogP) is 3.50. The van der Waals surface area contributed by atoms with E-state index in [4.69, 9.17) is 0 Å². The van der Waals surface area contributed by atoms with E-state index in [9.17, 15) is 4.79 Å². The van der Waals surface area contributed by atoms with E-state index in [2.05, 4.69) is 26.0 Å². The molecular weight excluding hydrogens is 356 g/mol. The minimum atomic E-state index is -0.162. The van der Waals surface area contributed by atoms with Gasteiger partial charge in [-0.1, -0.05) is 29.8 Å². The second kappa shape index (κ2) is 6.12. The van der Waals surface area contributed by atoms with Crippen LogP contribution in [0.5, 0.6) is 0 Å². The number of fused-ring (bicyclic) bond motifs is 1. The molecule has 5 nitrogen and oxygen atoms in total. The Balaban J connectivity index is 2.23. The lowest BCUT2D eigenvalue weighted by Gasteiger charge is -2.11. The highest BCUT2D eigenvalue weighted by Gasteiger charge is 2.13. The van der Waals surface area contributed by atoms with Crippen molar-refractivity contribution in [1.29, 1.82) is 0 Å². The largest absolute Gasteiger partial charge is 0.350 e. The highest BCUT2D eigenvalue weighted by molar-refractivity contribution is 9.10. The van der Waals surface area contributed by atoms with Gasteiger partial charge in [0, 0.05) is 23.6 Å². The van der Waals surface area contributed by atoms with Crippen LogP contribution in [-0.4, -0.2) is 20.4 Å². The third-order valence-electron chi connectivity index (χ3n) is 3.64. The van der Waals surface area contributed by atoms with Gasteiger partial charge in [-0.15, -0.1) is 0 Å². The molecule has 0 N–H and O–H groups in total. The number of benzene rings is 1. The van der Waals surface area contributed by atoms with Crippen LogP contribution in [0.4, 0.5) is 0 Å². The maximum atomic E-state index is 12.8. The molecule has 0 radical (unpaired) electrons. The van der Waals surface area contributed by atoms with Crippen molar-refractivity contribution in [1.82, 2.24) is 14.2 Å². The van der Waals surface area contributed by atoms with Gasteiger partial charge >= 0.3 is 0 Å². The molecule has 2 aromatic heterocycles. The SMILES string of the molecule is CC(C)c1nc2ccc(Br)cc2c(=O)n1N=Cc1cccn1C. The van der Waals surface area contributed by atoms with Crippen LogP contribution in [-0.2, 0) is 7.05 Å². The van der Waals surface area contributed by atoms with Crippen molar-refractivity contribution in [3.8, 4) is 0 Å². The van der Waals surface area contributed by atoms with Crippen LogP contribution < -0.4 is 5.56 Å². The lowest BCUT2D eigenvalue weighted by Crippen LogP contribution is -2.23. The molecule has 0 aliphatic rings. The number of aromatic nitrogens is 3. The summed E-state index contributed by atoms with van der Waals surface area (Å²) in [5, 5.41) is 4.94. The molecule has 1 aromatic carbocycles. The first-order valence-corrected chi connectivity index (χ1v) is 8.14. The number of hydrogen-bond acceptors (Lipinski definition) is 3. The summed E-state index contributed by atoms with van der Waals surface area (Å²) in [5.41, 5.74) is 1.44. The Labute approximate surface area is 142 Å². The van der Waals surface area contributed by atoms with E-state index in [1.807, 2.05) is 55.9 Å². The average molecular weight is 373 g/mol. The summed E-state index contributed by atoms with van der Waals surface area (Å²) in [6.45, 7) is 4.00. The van der Waals surface area contributed by atoms with E-state index in [-0.39, 0.29) is 11.5 Å². The molecule has 3 rings (SSSR count). The molecule has 0 aliphatic heterocycles. The molecule has 2 heterocycles. The topological polar surface area (TPSA) is 52.2 Å². The van der Waals surface area contributed by atoms with Crippen molar-refractivity contribution >= 4 is 33.0 Å². The van der Waals surface area contributed by atoms with E-state index in [0.29, 0.717) is 16.7 Å². The van der Waals surface area contributed by atoms with Gasteiger partial charge in [0.25, 0.3) is 5.56 Å². The lowest BCUT2D eigenvalue weighted by molar-refractivity contribution is 0.665. The van der Waals surface area contributed by atoms with Crippen molar-refractivity contribution in [2.24, 2.45) is 12.1 Å². The predicted molar refractivity (Wildman–Crippen MR) is 96.2 cm³/mol. The van der Waals surface area contributed by atoms with Crippen molar-refractivity contribution in [3.05, 3.63) is 62.9 Å². The maximum absolute atomic E-state index is 12.8. The molecule has 0 aliphatic carbocycles. The van der Waals surface area contributed by atoms with Crippen LogP contribution in [0, 0.1) is 0 Å². The molecule has 0 atom stereocenters. The van der Waals surface area contributed by atoms with E-state index < -0.39 is 0 Å². The van der Waals surface area contributed by atoms with Gasteiger partial charge in [0.05, 0.1) is 22.8 Å². The summed E-state index contributed by atoms with van der Waals surface area (Å²) < 4.78 is 4.18. The van der Waals surface area contributed by atoms with Crippen molar-refractivity contribution < 1.29 is 0 Å². The lowest BCUT2D eigenvalue weighted by atomic mass is 10.2. The second-order valence-electron chi connectivity index (χ2n) is 5.69. The third-order valence-corrected chi connectivity index (χ3v) is 4.13. The summed E-state index contributed by atoms with van der Waals surface area (Å²) in [6.07, 6.45) is 3.61. The molecule has 0 fully saturated rings. The van der Waals surface area contributed by atoms with Gasteiger partial charge < -0.3 is 4.57 Å². The molecule has 6 heteroatoms. The summed E-state index contributed by atoms with van der Waals surface area (Å²) in [5.74, 6) is 0.733. The highest BCUT2D eigenvalue weighted by Crippen LogP contribution is 2.18. The number of aryl methyl sites for hydroxylation is 1. The van der Waals surface area contributed by atoms with Crippen LogP contribution in [0.3, 0.4) is 0 Å². The summed E-state index contributed by atoms with van der Waals surface area (Å²) in [6, 6.07) is 9.38. The van der Waals surface area contributed by atoms with Gasteiger partial charge in [-0.25, -0.2) is 4.98 Å². The van der Waals surface area contributed by atoms with E-state index in [1.165, 1.54) is 4.68 Å².